The number of halogens is 1. The molecule has 0 aliphatic heterocycles. The van der Waals surface area contributed by atoms with Gasteiger partial charge >= 0.3 is 5.97 Å². The Bertz CT molecular complexity index is 928. The van der Waals surface area contributed by atoms with Crippen molar-refractivity contribution in [3.63, 3.8) is 0 Å². The number of benzene rings is 1. The van der Waals surface area contributed by atoms with Gasteiger partial charge in [0.25, 0.3) is 0 Å². The van der Waals surface area contributed by atoms with Gasteiger partial charge in [-0.3, -0.25) is 14.8 Å². The lowest BCUT2D eigenvalue weighted by Gasteiger charge is -2.19. The Labute approximate surface area is 148 Å². The highest BCUT2D eigenvalue weighted by Gasteiger charge is 2.29. The Morgan fingerprint density at radius 1 is 1.21 bits per heavy atom. The van der Waals surface area contributed by atoms with Gasteiger partial charge in [-0.1, -0.05) is 17.7 Å². The molecule has 24 heavy (non-hydrogen) atoms. The van der Waals surface area contributed by atoms with Gasteiger partial charge in [-0.15, -0.1) is 11.8 Å². The summed E-state index contributed by atoms with van der Waals surface area (Å²) in [5.74, 6) is -0.856. The van der Waals surface area contributed by atoms with Crippen LogP contribution in [-0.2, 0) is 4.79 Å². The van der Waals surface area contributed by atoms with Crippen LogP contribution in [0.3, 0.4) is 0 Å². The zero-order chi connectivity index (χ0) is 17.3. The monoisotopic (exact) mass is 358 g/mol. The molecule has 0 saturated carbocycles. The smallest absolute Gasteiger partial charge is 0.319 e. The largest absolute Gasteiger partial charge is 0.480 e. The highest BCUT2D eigenvalue weighted by atomic mass is 35.5. The van der Waals surface area contributed by atoms with Gasteiger partial charge in [0.2, 0.25) is 0 Å². The highest BCUT2D eigenvalue weighted by Crippen LogP contribution is 2.38. The molecule has 0 atom stereocenters. The predicted molar refractivity (Wildman–Crippen MR) is 97.6 cm³/mol. The molecule has 1 N–H and O–H groups in total. The highest BCUT2D eigenvalue weighted by molar-refractivity contribution is 8.01. The maximum atomic E-state index is 11.4. The summed E-state index contributed by atoms with van der Waals surface area (Å²) < 4.78 is -0.932. The fourth-order valence-electron chi connectivity index (χ4n) is 2.31. The number of thioether (sulfide) groups is 1. The fraction of sp³-hybridized carbons (Fsp3) is 0.167. The normalized spacial score (nSPS) is 11.6. The third-order valence-corrected chi connectivity index (χ3v) is 5.23. The standard InChI is InChI=1S/C18H15ClN2O2S/c1-18(2,17(22)23)24-16-6-8-21-15-4-3-11(9-13(15)16)12-5-7-20-10-14(12)19/h3-10H,1-2H3,(H,22,23). The van der Waals surface area contributed by atoms with Crippen molar-refractivity contribution < 1.29 is 9.90 Å². The maximum Gasteiger partial charge on any atom is 0.319 e. The Kier molecular flexibility index (Phi) is 4.47. The van der Waals surface area contributed by atoms with Crippen LogP contribution in [0.2, 0.25) is 5.02 Å². The lowest BCUT2D eigenvalue weighted by Crippen LogP contribution is -2.26. The summed E-state index contributed by atoms with van der Waals surface area (Å²) in [6, 6.07) is 9.56. The molecule has 3 rings (SSSR count). The molecule has 3 aromatic rings. The number of carboxylic acids is 1. The van der Waals surface area contributed by atoms with E-state index < -0.39 is 10.7 Å². The lowest BCUT2D eigenvalue weighted by molar-refractivity contribution is -0.138. The molecule has 0 spiro atoms. The van der Waals surface area contributed by atoms with E-state index in [9.17, 15) is 9.90 Å². The number of nitrogens with zero attached hydrogens (tertiary/aromatic N) is 2. The molecule has 0 fully saturated rings. The van der Waals surface area contributed by atoms with Crippen LogP contribution < -0.4 is 0 Å². The summed E-state index contributed by atoms with van der Waals surface area (Å²) >= 11 is 7.54. The Hall–Kier alpha value is -2.11. The second-order valence-electron chi connectivity index (χ2n) is 5.81. The molecule has 0 amide bonds. The molecular formula is C18H15ClN2O2S. The minimum atomic E-state index is -0.932. The first-order valence-electron chi connectivity index (χ1n) is 7.29. The van der Waals surface area contributed by atoms with E-state index in [0.717, 1.165) is 26.9 Å². The molecule has 0 unspecified atom stereocenters. The van der Waals surface area contributed by atoms with Gasteiger partial charge in [0, 0.05) is 34.4 Å². The minimum absolute atomic E-state index is 0.570. The molecule has 0 aliphatic rings. The van der Waals surface area contributed by atoms with E-state index >= 15 is 0 Å². The number of rotatable bonds is 4. The van der Waals surface area contributed by atoms with E-state index in [4.69, 9.17) is 11.6 Å². The van der Waals surface area contributed by atoms with Gasteiger partial charge in [0.1, 0.15) is 4.75 Å². The number of fused-ring (bicyclic) bond motifs is 1. The van der Waals surface area contributed by atoms with Crippen LogP contribution in [0.5, 0.6) is 0 Å². The van der Waals surface area contributed by atoms with E-state index in [1.807, 2.05) is 30.3 Å². The zero-order valence-electron chi connectivity index (χ0n) is 13.2. The number of aliphatic carboxylic acids is 1. The molecule has 2 aromatic heterocycles. The van der Waals surface area contributed by atoms with Crippen molar-refractivity contribution in [2.45, 2.75) is 23.5 Å². The quantitative estimate of drug-likeness (QED) is 0.671. The van der Waals surface area contributed by atoms with Crippen molar-refractivity contribution in [2.24, 2.45) is 0 Å². The van der Waals surface area contributed by atoms with Gasteiger partial charge in [0.15, 0.2) is 0 Å². The van der Waals surface area contributed by atoms with Crippen LogP contribution in [0.15, 0.2) is 53.8 Å². The third-order valence-electron chi connectivity index (χ3n) is 3.67. The van der Waals surface area contributed by atoms with Crippen LogP contribution in [-0.4, -0.2) is 25.8 Å². The van der Waals surface area contributed by atoms with Crippen molar-refractivity contribution in [1.82, 2.24) is 9.97 Å². The summed E-state index contributed by atoms with van der Waals surface area (Å²) in [6.07, 6.45) is 4.99. The molecule has 0 radical (unpaired) electrons. The van der Waals surface area contributed by atoms with E-state index in [1.54, 1.807) is 32.4 Å². The van der Waals surface area contributed by atoms with Crippen LogP contribution in [0, 0.1) is 0 Å². The molecule has 4 nitrogen and oxygen atoms in total. The first-order chi connectivity index (χ1) is 11.4. The first kappa shape index (κ1) is 16.7. The van der Waals surface area contributed by atoms with Gasteiger partial charge in [-0.05, 0) is 43.7 Å². The summed E-state index contributed by atoms with van der Waals surface area (Å²) in [4.78, 5) is 20.7. The molecule has 122 valence electrons. The van der Waals surface area contributed by atoms with Gasteiger partial charge in [-0.25, -0.2) is 0 Å². The second-order valence-corrected chi connectivity index (χ2v) is 7.89. The molecule has 1 aromatic carbocycles. The molecule has 0 saturated heterocycles. The van der Waals surface area contributed by atoms with E-state index in [1.165, 1.54) is 11.8 Å². The Morgan fingerprint density at radius 3 is 2.71 bits per heavy atom. The number of hydrogen-bond donors (Lipinski definition) is 1. The fourth-order valence-corrected chi connectivity index (χ4v) is 3.57. The number of pyridine rings is 2. The SMILES string of the molecule is CC(C)(Sc1ccnc2ccc(-c3ccncc3Cl)cc12)C(=O)O. The summed E-state index contributed by atoms with van der Waals surface area (Å²) in [5, 5.41) is 10.9. The van der Waals surface area contributed by atoms with E-state index in [0.29, 0.717) is 5.02 Å². The van der Waals surface area contributed by atoms with Crippen molar-refractivity contribution in [1.29, 1.82) is 0 Å². The van der Waals surface area contributed by atoms with Crippen molar-refractivity contribution in [3.8, 4) is 11.1 Å². The van der Waals surface area contributed by atoms with Gasteiger partial charge in [-0.2, -0.15) is 0 Å². The summed E-state index contributed by atoms with van der Waals surface area (Å²) in [6.45, 7) is 3.38. The average molecular weight is 359 g/mol. The summed E-state index contributed by atoms with van der Waals surface area (Å²) in [7, 11) is 0. The van der Waals surface area contributed by atoms with Crippen molar-refractivity contribution >= 4 is 40.2 Å². The van der Waals surface area contributed by atoms with Gasteiger partial charge < -0.3 is 5.11 Å². The van der Waals surface area contributed by atoms with Crippen LogP contribution in [0.1, 0.15) is 13.8 Å². The van der Waals surface area contributed by atoms with E-state index in [2.05, 4.69) is 9.97 Å². The average Bonchev–Trinajstić information content (AvgIpc) is 2.55. The van der Waals surface area contributed by atoms with Gasteiger partial charge in [0.05, 0.1) is 10.5 Å². The second kappa shape index (κ2) is 6.42. The number of aromatic nitrogens is 2. The van der Waals surface area contributed by atoms with E-state index in [-0.39, 0.29) is 0 Å². The Morgan fingerprint density at radius 2 is 2.00 bits per heavy atom. The molecule has 6 heteroatoms. The minimum Gasteiger partial charge on any atom is -0.480 e. The topological polar surface area (TPSA) is 63.1 Å². The van der Waals surface area contributed by atoms with Crippen LogP contribution in [0.4, 0.5) is 0 Å². The number of carboxylic acid groups (broad SMARTS) is 1. The molecule has 2 heterocycles. The number of carbonyl (C=O) groups is 1. The lowest BCUT2D eigenvalue weighted by atomic mass is 10.0. The molecular weight excluding hydrogens is 344 g/mol. The number of hydrogen-bond acceptors (Lipinski definition) is 4. The van der Waals surface area contributed by atoms with Crippen molar-refractivity contribution in [3.05, 3.63) is 53.9 Å². The van der Waals surface area contributed by atoms with Crippen molar-refractivity contribution in [2.75, 3.05) is 0 Å². The molecule has 0 bridgehead atoms. The first-order valence-corrected chi connectivity index (χ1v) is 8.49. The summed E-state index contributed by atoms with van der Waals surface area (Å²) in [5.41, 5.74) is 2.64. The van der Waals surface area contributed by atoms with Crippen LogP contribution in [0.25, 0.3) is 22.0 Å². The molecule has 0 aliphatic carbocycles. The maximum absolute atomic E-state index is 11.4. The predicted octanol–water partition coefficient (Wildman–Crippen LogP) is 4.91. The third kappa shape index (κ3) is 3.23. The van der Waals surface area contributed by atoms with Crippen LogP contribution >= 0.6 is 23.4 Å². The zero-order valence-corrected chi connectivity index (χ0v) is 14.7. The Balaban J connectivity index is 2.13.